The second-order valence-corrected chi connectivity index (χ2v) is 4.56. The maximum absolute atomic E-state index is 13.4. The average molecular weight is 373 g/mol. The van der Waals surface area contributed by atoms with Gasteiger partial charge in [-0.3, -0.25) is 10.1 Å². The summed E-state index contributed by atoms with van der Waals surface area (Å²) in [4.78, 5) is 9.45. The number of fused-ring (bicyclic) bond motifs is 1. The van der Waals surface area contributed by atoms with Gasteiger partial charge >= 0.3 is 48.1 Å². The smallest absolute Gasteiger partial charge is 1.00 e. The van der Waals surface area contributed by atoms with E-state index in [1.165, 1.54) is 10.6 Å². The molecule has 0 bridgehead atoms. The van der Waals surface area contributed by atoms with Crippen LogP contribution in [0.25, 0.3) is 0 Å². The van der Waals surface area contributed by atoms with Gasteiger partial charge in [0.05, 0.1) is 16.2 Å². The van der Waals surface area contributed by atoms with Crippen molar-refractivity contribution in [2.75, 3.05) is 10.6 Å². The van der Waals surface area contributed by atoms with Crippen molar-refractivity contribution in [3.8, 4) is 0 Å². The zero-order valence-corrected chi connectivity index (χ0v) is 13.6. The SMILES string of the molecule is O=[N+]([O-])c1cc(C(F)(F)F)cc2c1NC(O)(C(F)(F)C(F)F)N2.[H-].[Na+]. The van der Waals surface area contributed by atoms with E-state index in [4.69, 9.17) is 0 Å². The number of hydrogen-bond acceptors (Lipinski definition) is 5. The first kappa shape index (κ1) is 20.7. The minimum absolute atomic E-state index is 0. The van der Waals surface area contributed by atoms with Crippen LogP contribution in [0.4, 0.5) is 47.8 Å². The van der Waals surface area contributed by atoms with Crippen LogP contribution in [0, 0.1) is 10.1 Å². The van der Waals surface area contributed by atoms with E-state index in [2.05, 4.69) is 0 Å². The summed E-state index contributed by atoms with van der Waals surface area (Å²) >= 11 is 0. The van der Waals surface area contributed by atoms with Crippen molar-refractivity contribution in [3.05, 3.63) is 27.8 Å². The van der Waals surface area contributed by atoms with Gasteiger partial charge in [-0.2, -0.15) is 22.0 Å². The molecule has 0 saturated heterocycles. The summed E-state index contributed by atoms with van der Waals surface area (Å²) in [6.07, 6.45) is -9.46. The number of anilines is 2. The molecule has 0 saturated carbocycles. The number of rotatable bonds is 3. The fourth-order valence-corrected chi connectivity index (χ4v) is 1.90. The third kappa shape index (κ3) is 3.25. The maximum Gasteiger partial charge on any atom is 1.00 e. The van der Waals surface area contributed by atoms with Gasteiger partial charge < -0.3 is 17.2 Å². The predicted octanol–water partition coefficient (Wildman–Crippen LogP) is 0.114. The standard InChI is InChI=1S/C10H6F7N3O3.Na.H/c11-7(12)8(13,14)10(21)18-4-1-3(9(15,16)17)2-5(20(22)23)6(4)19-10;;/h1-2,7,18-19,21H;;/q;+1;-1. The van der Waals surface area contributed by atoms with Gasteiger partial charge in [0.15, 0.2) is 0 Å². The molecule has 1 aromatic carbocycles. The van der Waals surface area contributed by atoms with E-state index in [-0.39, 0.29) is 43.1 Å². The molecule has 0 aliphatic carbocycles. The molecule has 3 N–H and O–H groups in total. The molecule has 1 aromatic rings. The molecule has 24 heavy (non-hydrogen) atoms. The Morgan fingerprint density at radius 3 is 2.17 bits per heavy atom. The van der Waals surface area contributed by atoms with E-state index in [0.717, 1.165) is 0 Å². The van der Waals surface area contributed by atoms with Crippen molar-refractivity contribution < 1.29 is 71.7 Å². The fraction of sp³-hybridized carbons (Fsp3) is 0.400. The van der Waals surface area contributed by atoms with Gasteiger partial charge in [-0.25, -0.2) is 8.78 Å². The number of benzene rings is 1. The molecule has 1 atom stereocenters. The molecule has 0 amide bonds. The monoisotopic (exact) mass is 373 g/mol. The van der Waals surface area contributed by atoms with Crippen molar-refractivity contribution in [1.82, 2.24) is 0 Å². The summed E-state index contributed by atoms with van der Waals surface area (Å²) in [6, 6.07) is 0.203. The average Bonchev–Trinajstić information content (AvgIpc) is 2.73. The van der Waals surface area contributed by atoms with Gasteiger partial charge in [-0.05, 0) is 6.07 Å². The zero-order chi connectivity index (χ0) is 17.8. The quantitative estimate of drug-likeness (QED) is 0.303. The van der Waals surface area contributed by atoms with Crippen LogP contribution in [0.2, 0.25) is 0 Å². The Labute approximate surface area is 151 Å². The van der Waals surface area contributed by atoms with Crippen LogP contribution in [0.5, 0.6) is 0 Å². The molecule has 14 heteroatoms. The molecule has 1 aliphatic rings. The second-order valence-electron chi connectivity index (χ2n) is 4.56. The van der Waals surface area contributed by atoms with Gasteiger partial charge in [-0.1, -0.05) is 0 Å². The zero-order valence-electron chi connectivity index (χ0n) is 12.6. The van der Waals surface area contributed by atoms with Gasteiger partial charge in [0.1, 0.15) is 5.69 Å². The minimum atomic E-state index is -5.15. The van der Waals surface area contributed by atoms with Crippen LogP contribution in [0.15, 0.2) is 12.1 Å². The molecular formula is C10H7F7N3NaO3. The molecule has 130 valence electrons. The minimum Gasteiger partial charge on any atom is -1.00 e. The summed E-state index contributed by atoms with van der Waals surface area (Å²) in [5, 5.41) is 23.1. The number of nitro benzene ring substituents is 1. The van der Waals surface area contributed by atoms with Gasteiger partial charge in [0.2, 0.25) is 0 Å². The Kier molecular flexibility index (Phi) is 5.36. The first-order valence-electron chi connectivity index (χ1n) is 5.64. The fourth-order valence-electron chi connectivity index (χ4n) is 1.90. The first-order chi connectivity index (χ1) is 10.3. The normalized spacial score (nSPS) is 20.0. The maximum atomic E-state index is 13.4. The van der Waals surface area contributed by atoms with E-state index in [9.17, 15) is 46.0 Å². The molecule has 0 fully saturated rings. The Morgan fingerprint density at radius 2 is 1.75 bits per heavy atom. The van der Waals surface area contributed by atoms with E-state index < -0.39 is 51.9 Å². The van der Waals surface area contributed by atoms with Crippen LogP contribution < -0.4 is 40.2 Å². The molecule has 6 nitrogen and oxygen atoms in total. The molecule has 1 heterocycles. The number of nitro groups is 1. The van der Waals surface area contributed by atoms with Gasteiger partial charge in [0.25, 0.3) is 11.5 Å². The van der Waals surface area contributed by atoms with Crippen LogP contribution in [0.1, 0.15) is 6.99 Å². The first-order valence-corrected chi connectivity index (χ1v) is 5.64. The van der Waals surface area contributed by atoms with Crippen molar-refractivity contribution in [2.45, 2.75) is 24.4 Å². The van der Waals surface area contributed by atoms with E-state index in [1.54, 1.807) is 0 Å². The topological polar surface area (TPSA) is 87.4 Å². The molecule has 2 rings (SSSR count). The third-order valence-corrected chi connectivity index (χ3v) is 3.02. The Morgan fingerprint density at radius 1 is 1.21 bits per heavy atom. The summed E-state index contributed by atoms with van der Waals surface area (Å²) in [5.41, 5.74) is -4.83. The third-order valence-electron chi connectivity index (χ3n) is 3.02. The molecular weight excluding hydrogens is 366 g/mol. The summed E-state index contributed by atoms with van der Waals surface area (Å²) in [6.45, 7) is 0. The summed E-state index contributed by atoms with van der Waals surface area (Å²) in [7, 11) is 0. The van der Waals surface area contributed by atoms with E-state index in [1.807, 2.05) is 0 Å². The Balaban J connectivity index is 0.00000288. The number of hydrogen-bond donors (Lipinski definition) is 3. The largest absolute Gasteiger partial charge is 1.00 e. The predicted molar refractivity (Wildman–Crippen MR) is 62.4 cm³/mol. The molecule has 1 unspecified atom stereocenters. The van der Waals surface area contributed by atoms with Crippen LogP contribution in [-0.4, -0.2) is 28.2 Å². The van der Waals surface area contributed by atoms with Crippen LogP contribution >= 0.6 is 0 Å². The summed E-state index contributed by atoms with van der Waals surface area (Å²) < 4.78 is 89.4. The van der Waals surface area contributed by atoms with Crippen molar-refractivity contribution >= 4 is 17.1 Å². The van der Waals surface area contributed by atoms with Crippen LogP contribution in [-0.2, 0) is 6.18 Å². The number of aliphatic hydroxyl groups is 1. The second kappa shape index (κ2) is 6.20. The van der Waals surface area contributed by atoms with E-state index >= 15 is 0 Å². The van der Waals surface area contributed by atoms with Crippen molar-refractivity contribution in [1.29, 1.82) is 0 Å². The van der Waals surface area contributed by atoms with Gasteiger partial charge in [-0.15, -0.1) is 0 Å². The number of nitrogens with one attached hydrogen (secondary N) is 2. The number of alkyl halides is 7. The number of nitrogens with zero attached hydrogens (tertiary/aromatic N) is 1. The van der Waals surface area contributed by atoms with Gasteiger partial charge in [0, 0.05) is 6.07 Å². The molecule has 0 spiro atoms. The van der Waals surface area contributed by atoms with Crippen molar-refractivity contribution in [2.24, 2.45) is 0 Å². The van der Waals surface area contributed by atoms with Crippen LogP contribution in [0.3, 0.4) is 0 Å². The molecule has 0 radical (unpaired) electrons. The van der Waals surface area contributed by atoms with E-state index in [0.29, 0.717) is 0 Å². The Bertz CT molecular complexity index is 676. The Hall–Kier alpha value is -1.31. The van der Waals surface area contributed by atoms with Crippen molar-refractivity contribution in [3.63, 3.8) is 0 Å². The molecule has 0 aromatic heterocycles. The molecule has 1 aliphatic heterocycles. The summed E-state index contributed by atoms with van der Waals surface area (Å²) in [5.74, 6) is -9.04. The number of halogens is 7.